The minimum Gasteiger partial charge on any atom is -0.312 e. The summed E-state index contributed by atoms with van der Waals surface area (Å²) in [5, 5.41) is 3.23. The van der Waals surface area contributed by atoms with Crippen LogP contribution in [-0.2, 0) is 9.84 Å². The summed E-state index contributed by atoms with van der Waals surface area (Å²) in [6.07, 6.45) is 2.73. The van der Waals surface area contributed by atoms with Gasteiger partial charge in [-0.25, -0.2) is 8.42 Å². The fourth-order valence-corrected chi connectivity index (χ4v) is 4.85. The average molecular weight is 233 g/mol. The fraction of sp³-hybridized carbons (Fsp3) is 1.00. The van der Waals surface area contributed by atoms with Crippen molar-refractivity contribution in [3.63, 3.8) is 0 Å². The molecular weight excluding hydrogens is 210 g/mol. The molecule has 3 unspecified atom stereocenters. The Morgan fingerprint density at radius 1 is 1.33 bits per heavy atom. The SMILES string of the molecule is CCCC1NCC(C)CS(=O)(=O)C1CC. The lowest BCUT2D eigenvalue weighted by Crippen LogP contribution is -2.41. The second-order valence-electron chi connectivity index (χ2n) is 4.68. The molecule has 0 aliphatic carbocycles. The van der Waals surface area contributed by atoms with Crippen LogP contribution in [0.4, 0.5) is 0 Å². The van der Waals surface area contributed by atoms with Crippen molar-refractivity contribution >= 4 is 9.84 Å². The molecule has 15 heavy (non-hydrogen) atoms. The van der Waals surface area contributed by atoms with Crippen molar-refractivity contribution in [2.24, 2.45) is 5.92 Å². The molecule has 1 fully saturated rings. The van der Waals surface area contributed by atoms with Gasteiger partial charge in [0.15, 0.2) is 9.84 Å². The van der Waals surface area contributed by atoms with Crippen molar-refractivity contribution in [2.45, 2.75) is 51.3 Å². The summed E-state index contributed by atoms with van der Waals surface area (Å²) < 4.78 is 24.2. The third kappa shape index (κ3) is 3.18. The van der Waals surface area contributed by atoms with Gasteiger partial charge in [0.05, 0.1) is 11.0 Å². The molecule has 0 aromatic carbocycles. The monoisotopic (exact) mass is 233 g/mol. The van der Waals surface area contributed by atoms with Crippen LogP contribution in [0.3, 0.4) is 0 Å². The second kappa shape index (κ2) is 5.30. The van der Waals surface area contributed by atoms with E-state index in [1.165, 1.54) is 0 Å². The zero-order valence-corrected chi connectivity index (χ0v) is 10.8. The Hall–Kier alpha value is -0.0900. The quantitative estimate of drug-likeness (QED) is 0.805. The van der Waals surface area contributed by atoms with Crippen LogP contribution in [-0.4, -0.2) is 32.0 Å². The van der Waals surface area contributed by atoms with E-state index < -0.39 is 9.84 Å². The van der Waals surface area contributed by atoms with E-state index in [9.17, 15) is 8.42 Å². The Morgan fingerprint density at radius 2 is 2.00 bits per heavy atom. The fourth-order valence-electron chi connectivity index (χ4n) is 2.45. The summed E-state index contributed by atoms with van der Waals surface area (Å²) in [6.45, 7) is 6.92. The summed E-state index contributed by atoms with van der Waals surface area (Å²) in [6, 6.07) is 0.162. The van der Waals surface area contributed by atoms with Gasteiger partial charge in [-0.2, -0.15) is 0 Å². The maximum atomic E-state index is 12.1. The zero-order valence-electron chi connectivity index (χ0n) is 9.99. The van der Waals surface area contributed by atoms with Crippen LogP contribution < -0.4 is 5.32 Å². The van der Waals surface area contributed by atoms with Gasteiger partial charge < -0.3 is 5.32 Å². The molecule has 1 aliphatic rings. The minimum atomic E-state index is -2.89. The highest BCUT2D eigenvalue weighted by Crippen LogP contribution is 2.21. The van der Waals surface area contributed by atoms with Crippen LogP contribution >= 0.6 is 0 Å². The third-order valence-electron chi connectivity index (χ3n) is 3.16. The molecule has 1 aliphatic heterocycles. The molecule has 0 aromatic rings. The van der Waals surface area contributed by atoms with Crippen molar-refractivity contribution in [1.82, 2.24) is 5.32 Å². The van der Waals surface area contributed by atoms with E-state index in [-0.39, 0.29) is 17.2 Å². The number of hydrogen-bond acceptors (Lipinski definition) is 3. The molecule has 4 heteroatoms. The van der Waals surface area contributed by atoms with E-state index >= 15 is 0 Å². The largest absolute Gasteiger partial charge is 0.312 e. The van der Waals surface area contributed by atoms with Gasteiger partial charge in [0, 0.05) is 6.04 Å². The Morgan fingerprint density at radius 3 is 2.53 bits per heavy atom. The molecule has 0 aromatic heterocycles. The highest BCUT2D eigenvalue weighted by Gasteiger charge is 2.35. The smallest absolute Gasteiger partial charge is 0.154 e. The lowest BCUT2D eigenvalue weighted by molar-refractivity contribution is 0.432. The van der Waals surface area contributed by atoms with E-state index in [0.717, 1.165) is 25.8 Å². The normalized spacial score (nSPS) is 36.1. The molecule has 3 nitrogen and oxygen atoms in total. The van der Waals surface area contributed by atoms with Crippen molar-refractivity contribution in [1.29, 1.82) is 0 Å². The lowest BCUT2D eigenvalue weighted by atomic mass is 10.1. The molecule has 1 rings (SSSR count). The molecule has 0 spiro atoms. The van der Waals surface area contributed by atoms with Crippen LogP contribution in [0.25, 0.3) is 0 Å². The van der Waals surface area contributed by atoms with E-state index in [1.54, 1.807) is 0 Å². The van der Waals surface area contributed by atoms with Crippen LogP contribution in [0, 0.1) is 5.92 Å². The summed E-state index contributed by atoms with van der Waals surface area (Å²) in [4.78, 5) is 0. The maximum absolute atomic E-state index is 12.1. The van der Waals surface area contributed by atoms with Gasteiger partial charge in [0.25, 0.3) is 0 Å². The van der Waals surface area contributed by atoms with Crippen molar-refractivity contribution < 1.29 is 8.42 Å². The number of sulfone groups is 1. The van der Waals surface area contributed by atoms with Crippen molar-refractivity contribution in [3.8, 4) is 0 Å². The predicted octanol–water partition coefficient (Wildman–Crippen LogP) is 1.59. The molecule has 90 valence electrons. The molecule has 1 heterocycles. The first-order valence-corrected chi connectivity index (χ1v) is 7.67. The van der Waals surface area contributed by atoms with Crippen LogP contribution in [0.1, 0.15) is 40.0 Å². The van der Waals surface area contributed by atoms with Crippen LogP contribution in [0.5, 0.6) is 0 Å². The number of hydrogen-bond donors (Lipinski definition) is 1. The van der Waals surface area contributed by atoms with Crippen LogP contribution in [0.15, 0.2) is 0 Å². The van der Waals surface area contributed by atoms with Gasteiger partial charge in [0.1, 0.15) is 0 Å². The molecule has 0 amide bonds. The van der Waals surface area contributed by atoms with Crippen molar-refractivity contribution in [2.75, 3.05) is 12.3 Å². The van der Waals surface area contributed by atoms with E-state index in [1.807, 2.05) is 13.8 Å². The molecule has 0 bridgehead atoms. The van der Waals surface area contributed by atoms with Gasteiger partial charge in [-0.3, -0.25) is 0 Å². The first kappa shape index (κ1) is 13.0. The summed E-state index contributed by atoms with van der Waals surface area (Å²) in [5.74, 6) is 0.588. The molecule has 0 radical (unpaired) electrons. The minimum absolute atomic E-state index is 0.162. The summed E-state index contributed by atoms with van der Waals surface area (Å²) in [7, 11) is -2.89. The summed E-state index contributed by atoms with van der Waals surface area (Å²) in [5.41, 5.74) is 0. The molecule has 1 saturated heterocycles. The van der Waals surface area contributed by atoms with E-state index in [4.69, 9.17) is 0 Å². The van der Waals surface area contributed by atoms with Gasteiger partial charge >= 0.3 is 0 Å². The lowest BCUT2D eigenvalue weighted by Gasteiger charge is -2.23. The Bertz CT molecular complexity index is 287. The average Bonchev–Trinajstić information content (AvgIpc) is 2.23. The molecular formula is C11H23NO2S. The van der Waals surface area contributed by atoms with Crippen LogP contribution in [0.2, 0.25) is 0 Å². The molecule has 1 N–H and O–H groups in total. The van der Waals surface area contributed by atoms with Crippen molar-refractivity contribution in [3.05, 3.63) is 0 Å². The topological polar surface area (TPSA) is 46.2 Å². The molecule has 3 atom stereocenters. The van der Waals surface area contributed by atoms with Gasteiger partial charge in [-0.15, -0.1) is 0 Å². The molecule has 0 saturated carbocycles. The summed E-state index contributed by atoms with van der Waals surface area (Å²) >= 11 is 0. The van der Waals surface area contributed by atoms with Gasteiger partial charge in [0.2, 0.25) is 0 Å². The second-order valence-corrected chi connectivity index (χ2v) is 6.95. The zero-order chi connectivity index (χ0) is 11.5. The third-order valence-corrected chi connectivity index (χ3v) is 5.78. The maximum Gasteiger partial charge on any atom is 0.154 e. The number of nitrogens with one attached hydrogen (secondary N) is 1. The highest BCUT2D eigenvalue weighted by molar-refractivity contribution is 7.92. The van der Waals surface area contributed by atoms with E-state index in [2.05, 4.69) is 12.2 Å². The van der Waals surface area contributed by atoms with Gasteiger partial charge in [-0.05, 0) is 25.3 Å². The number of rotatable bonds is 3. The first-order chi connectivity index (χ1) is 7.01. The standard InChI is InChI=1S/C11H23NO2S/c1-4-6-10-11(5-2)15(13,14)8-9(3)7-12-10/h9-12H,4-8H2,1-3H3. The Balaban J connectivity index is 2.88. The Kier molecular flexibility index (Phi) is 4.59. The predicted molar refractivity (Wildman–Crippen MR) is 63.7 cm³/mol. The first-order valence-electron chi connectivity index (χ1n) is 5.96. The van der Waals surface area contributed by atoms with E-state index in [0.29, 0.717) is 5.75 Å². The van der Waals surface area contributed by atoms with Gasteiger partial charge in [-0.1, -0.05) is 27.2 Å². The highest BCUT2D eigenvalue weighted by atomic mass is 32.2. The Labute approximate surface area is 93.6 Å².